The predicted octanol–water partition coefficient (Wildman–Crippen LogP) is 2.72. The van der Waals surface area contributed by atoms with Crippen molar-refractivity contribution >= 4 is 17.5 Å². The summed E-state index contributed by atoms with van der Waals surface area (Å²) < 4.78 is 23.9. The van der Waals surface area contributed by atoms with Gasteiger partial charge in [0.1, 0.15) is 11.9 Å². The third-order valence-electron chi connectivity index (χ3n) is 4.67. The molecule has 0 N–H and O–H groups in total. The summed E-state index contributed by atoms with van der Waals surface area (Å²) in [6.45, 7) is 2.35. The van der Waals surface area contributed by atoms with Gasteiger partial charge in [0.05, 0.1) is 14.2 Å². The molecule has 0 aliphatic carbocycles. The lowest BCUT2D eigenvalue weighted by Crippen LogP contribution is -2.57. The topological polar surface area (TPSA) is 59.1 Å². The Labute approximate surface area is 157 Å². The van der Waals surface area contributed by atoms with Gasteiger partial charge < -0.3 is 19.3 Å². The fraction of sp³-hybridized carbons (Fsp3) is 0.300. The van der Waals surface area contributed by atoms with E-state index in [1.807, 2.05) is 0 Å². The van der Waals surface area contributed by atoms with Crippen molar-refractivity contribution in [2.24, 2.45) is 0 Å². The monoisotopic (exact) mass is 372 g/mol. The molecular formula is C20H21FN2O4. The highest BCUT2D eigenvalue weighted by Crippen LogP contribution is 2.32. The normalized spacial score (nSPS) is 17.0. The number of benzene rings is 2. The molecule has 2 aromatic rings. The molecule has 27 heavy (non-hydrogen) atoms. The third kappa shape index (κ3) is 3.58. The van der Waals surface area contributed by atoms with Gasteiger partial charge in [-0.25, -0.2) is 4.39 Å². The minimum absolute atomic E-state index is 0.210. The average molecular weight is 372 g/mol. The molecule has 0 spiro atoms. The molecule has 0 unspecified atom stereocenters. The van der Waals surface area contributed by atoms with Crippen molar-refractivity contribution < 1.29 is 23.5 Å². The van der Waals surface area contributed by atoms with Crippen LogP contribution in [0.15, 0.2) is 42.5 Å². The molecule has 0 radical (unpaired) electrons. The molecule has 1 atom stereocenters. The SMILES string of the molecule is COc1ccc(N2CCN(C(=O)c3cccc(F)c3)[C@@H](C)C2=O)cc1OC. The third-order valence-corrected chi connectivity index (χ3v) is 4.67. The Morgan fingerprint density at radius 3 is 2.48 bits per heavy atom. The van der Waals surface area contributed by atoms with Crippen molar-refractivity contribution in [3.05, 3.63) is 53.8 Å². The molecule has 142 valence electrons. The second-order valence-electron chi connectivity index (χ2n) is 6.21. The molecule has 0 saturated carbocycles. The van der Waals surface area contributed by atoms with Gasteiger partial charge in [0.25, 0.3) is 5.91 Å². The number of piperazine rings is 1. The number of carbonyl (C=O) groups excluding carboxylic acids is 2. The fourth-order valence-corrected chi connectivity index (χ4v) is 3.18. The number of halogens is 1. The summed E-state index contributed by atoms with van der Waals surface area (Å²) >= 11 is 0. The molecular weight excluding hydrogens is 351 g/mol. The Bertz CT molecular complexity index is 871. The summed E-state index contributed by atoms with van der Waals surface area (Å²) in [4.78, 5) is 28.6. The Morgan fingerprint density at radius 1 is 1.07 bits per heavy atom. The fourth-order valence-electron chi connectivity index (χ4n) is 3.18. The van der Waals surface area contributed by atoms with Crippen LogP contribution in [0.1, 0.15) is 17.3 Å². The molecule has 1 heterocycles. The summed E-state index contributed by atoms with van der Waals surface area (Å²) in [5, 5.41) is 0. The molecule has 0 aromatic heterocycles. The maximum absolute atomic E-state index is 13.4. The molecule has 2 amide bonds. The van der Waals surface area contributed by atoms with E-state index >= 15 is 0 Å². The summed E-state index contributed by atoms with van der Waals surface area (Å²) in [5.74, 6) is 0.0414. The zero-order chi connectivity index (χ0) is 19.6. The second-order valence-corrected chi connectivity index (χ2v) is 6.21. The lowest BCUT2D eigenvalue weighted by molar-refractivity contribution is -0.124. The van der Waals surface area contributed by atoms with Gasteiger partial charge in [0, 0.05) is 30.4 Å². The number of rotatable bonds is 4. The van der Waals surface area contributed by atoms with Crippen LogP contribution in [0.3, 0.4) is 0 Å². The average Bonchev–Trinajstić information content (AvgIpc) is 2.69. The molecule has 3 rings (SSSR count). The lowest BCUT2D eigenvalue weighted by Gasteiger charge is -2.39. The first-order chi connectivity index (χ1) is 13.0. The van der Waals surface area contributed by atoms with E-state index in [2.05, 4.69) is 0 Å². The van der Waals surface area contributed by atoms with Gasteiger partial charge in [-0.15, -0.1) is 0 Å². The smallest absolute Gasteiger partial charge is 0.254 e. The zero-order valence-corrected chi connectivity index (χ0v) is 15.4. The van der Waals surface area contributed by atoms with Crippen molar-refractivity contribution in [1.29, 1.82) is 0 Å². The quantitative estimate of drug-likeness (QED) is 0.828. The summed E-state index contributed by atoms with van der Waals surface area (Å²) in [6.07, 6.45) is 0. The van der Waals surface area contributed by atoms with Crippen LogP contribution in [0.2, 0.25) is 0 Å². The number of amides is 2. The van der Waals surface area contributed by atoms with Crippen LogP contribution < -0.4 is 14.4 Å². The van der Waals surface area contributed by atoms with E-state index < -0.39 is 11.9 Å². The largest absolute Gasteiger partial charge is 0.493 e. The van der Waals surface area contributed by atoms with E-state index in [1.54, 1.807) is 43.2 Å². The summed E-state index contributed by atoms with van der Waals surface area (Å²) in [6, 6.07) is 10.1. The van der Waals surface area contributed by atoms with Gasteiger partial charge in [-0.1, -0.05) is 6.07 Å². The number of nitrogens with zero attached hydrogens (tertiary/aromatic N) is 2. The molecule has 1 aliphatic rings. The van der Waals surface area contributed by atoms with Crippen LogP contribution in [0, 0.1) is 5.82 Å². The first kappa shape index (κ1) is 18.7. The van der Waals surface area contributed by atoms with Gasteiger partial charge in [0.2, 0.25) is 5.91 Å². The van der Waals surface area contributed by atoms with Gasteiger partial charge in [-0.05, 0) is 37.3 Å². The van der Waals surface area contributed by atoms with Gasteiger partial charge in [-0.2, -0.15) is 0 Å². The van der Waals surface area contributed by atoms with Crippen LogP contribution in [-0.2, 0) is 4.79 Å². The van der Waals surface area contributed by atoms with Crippen molar-refractivity contribution in [2.75, 3.05) is 32.2 Å². The van der Waals surface area contributed by atoms with Gasteiger partial charge >= 0.3 is 0 Å². The minimum Gasteiger partial charge on any atom is -0.493 e. The van der Waals surface area contributed by atoms with Crippen molar-refractivity contribution in [3.63, 3.8) is 0 Å². The number of methoxy groups -OCH3 is 2. The van der Waals surface area contributed by atoms with E-state index in [9.17, 15) is 14.0 Å². The van der Waals surface area contributed by atoms with E-state index in [0.29, 0.717) is 30.3 Å². The van der Waals surface area contributed by atoms with Crippen molar-refractivity contribution in [3.8, 4) is 11.5 Å². The molecule has 1 saturated heterocycles. The van der Waals surface area contributed by atoms with E-state index in [1.165, 1.54) is 30.2 Å². The first-order valence-corrected chi connectivity index (χ1v) is 8.56. The molecule has 1 fully saturated rings. The highest BCUT2D eigenvalue weighted by atomic mass is 19.1. The van der Waals surface area contributed by atoms with Gasteiger partial charge in [-0.3, -0.25) is 9.59 Å². The van der Waals surface area contributed by atoms with Crippen LogP contribution >= 0.6 is 0 Å². The standard InChI is InChI=1S/C20H21FN2O4/c1-13-19(24)23(16-7-8-17(26-2)18(12-16)27-3)10-9-22(13)20(25)14-5-4-6-15(21)11-14/h4-8,11-13H,9-10H2,1-3H3/t13-/m0/s1. The van der Waals surface area contributed by atoms with Crippen LogP contribution in [0.5, 0.6) is 11.5 Å². The summed E-state index contributed by atoms with van der Waals surface area (Å²) in [5.41, 5.74) is 0.900. The van der Waals surface area contributed by atoms with Gasteiger partial charge in [0.15, 0.2) is 11.5 Å². The summed E-state index contributed by atoms with van der Waals surface area (Å²) in [7, 11) is 3.07. The van der Waals surface area contributed by atoms with E-state index in [0.717, 1.165) is 0 Å². The minimum atomic E-state index is -0.664. The van der Waals surface area contributed by atoms with Crippen LogP contribution in [0.25, 0.3) is 0 Å². The van der Waals surface area contributed by atoms with Crippen molar-refractivity contribution in [2.45, 2.75) is 13.0 Å². The Balaban J connectivity index is 1.81. The number of anilines is 1. The predicted molar refractivity (Wildman–Crippen MR) is 98.8 cm³/mol. The first-order valence-electron chi connectivity index (χ1n) is 8.56. The number of carbonyl (C=O) groups is 2. The van der Waals surface area contributed by atoms with E-state index in [4.69, 9.17) is 9.47 Å². The zero-order valence-electron chi connectivity index (χ0n) is 15.4. The molecule has 6 nitrogen and oxygen atoms in total. The molecule has 0 bridgehead atoms. The maximum Gasteiger partial charge on any atom is 0.254 e. The lowest BCUT2D eigenvalue weighted by atomic mass is 10.1. The Hall–Kier alpha value is -3.09. The highest BCUT2D eigenvalue weighted by Gasteiger charge is 2.35. The highest BCUT2D eigenvalue weighted by molar-refractivity contribution is 6.03. The Kier molecular flexibility index (Phi) is 5.30. The maximum atomic E-state index is 13.4. The van der Waals surface area contributed by atoms with Crippen molar-refractivity contribution in [1.82, 2.24) is 4.90 Å². The number of hydrogen-bond acceptors (Lipinski definition) is 4. The number of hydrogen-bond donors (Lipinski definition) is 0. The van der Waals surface area contributed by atoms with Crippen LogP contribution in [0.4, 0.5) is 10.1 Å². The Morgan fingerprint density at radius 2 is 1.81 bits per heavy atom. The van der Waals surface area contributed by atoms with Crippen LogP contribution in [-0.4, -0.2) is 50.1 Å². The molecule has 2 aromatic carbocycles. The number of ether oxygens (including phenoxy) is 2. The molecule has 7 heteroatoms. The van der Waals surface area contributed by atoms with E-state index in [-0.39, 0.29) is 17.4 Å². The molecule has 1 aliphatic heterocycles. The second kappa shape index (κ2) is 7.65.